The van der Waals surface area contributed by atoms with Gasteiger partial charge in [0.25, 0.3) is 0 Å². The van der Waals surface area contributed by atoms with E-state index in [0.29, 0.717) is 13.2 Å². The third kappa shape index (κ3) is 6.25. The number of ether oxygens (including phenoxy) is 2. The van der Waals surface area contributed by atoms with Crippen molar-refractivity contribution in [1.82, 2.24) is 5.32 Å². The van der Waals surface area contributed by atoms with E-state index in [-0.39, 0.29) is 6.04 Å². The van der Waals surface area contributed by atoms with Gasteiger partial charge >= 0.3 is 0 Å². The molecule has 20 heavy (non-hydrogen) atoms. The summed E-state index contributed by atoms with van der Waals surface area (Å²) in [6, 6.07) is 6.43. The van der Waals surface area contributed by atoms with Crippen molar-refractivity contribution in [2.45, 2.75) is 39.7 Å². The Morgan fingerprint density at radius 3 is 2.65 bits per heavy atom. The van der Waals surface area contributed by atoms with Gasteiger partial charge in [-0.15, -0.1) is 0 Å². The first-order valence-corrected chi connectivity index (χ1v) is 8.21. The summed E-state index contributed by atoms with van der Waals surface area (Å²) in [5, 5.41) is 3.49. The van der Waals surface area contributed by atoms with E-state index in [1.165, 1.54) is 5.56 Å². The lowest BCUT2D eigenvalue weighted by Crippen LogP contribution is -2.20. The van der Waals surface area contributed by atoms with Gasteiger partial charge in [0.15, 0.2) is 0 Å². The summed E-state index contributed by atoms with van der Waals surface area (Å²) in [4.78, 5) is 0. The molecule has 0 heterocycles. The average molecular weight is 344 g/mol. The van der Waals surface area contributed by atoms with Crippen LogP contribution in [-0.2, 0) is 4.74 Å². The molecular weight excluding hydrogens is 318 g/mol. The maximum Gasteiger partial charge on any atom is 0.124 e. The van der Waals surface area contributed by atoms with Crippen LogP contribution in [0.25, 0.3) is 0 Å². The Morgan fingerprint density at radius 2 is 1.95 bits per heavy atom. The first kappa shape index (κ1) is 17.5. The van der Waals surface area contributed by atoms with E-state index in [9.17, 15) is 0 Å². The summed E-state index contributed by atoms with van der Waals surface area (Å²) < 4.78 is 12.4. The molecule has 0 saturated heterocycles. The number of benzene rings is 1. The molecule has 0 saturated carbocycles. The first-order valence-electron chi connectivity index (χ1n) is 7.42. The zero-order valence-electron chi connectivity index (χ0n) is 12.7. The first-order chi connectivity index (χ1) is 9.69. The van der Waals surface area contributed by atoms with Crippen LogP contribution in [-0.4, -0.2) is 26.4 Å². The average Bonchev–Trinajstić information content (AvgIpc) is 2.45. The molecule has 0 spiro atoms. The predicted molar refractivity (Wildman–Crippen MR) is 87.5 cm³/mol. The van der Waals surface area contributed by atoms with E-state index in [4.69, 9.17) is 9.47 Å². The lowest BCUT2D eigenvalue weighted by Gasteiger charge is -2.18. The Balaban J connectivity index is 2.59. The fourth-order valence-corrected chi connectivity index (χ4v) is 2.30. The van der Waals surface area contributed by atoms with Gasteiger partial charge in [0, 0.05) is 22.7 Å². The summed E-state index contributed by atoms with van der Waals surface area (Å²) in [6.07, 6.45) is 2.17. The molecule has 0 amide bonds. The molecule has 0 radical (unpaired) electrons. The van der Waals surface area contributed by atoms with Gasteiger partial charge < -0.3 is 14.8 Å². The smallest absolute Gasteiger partial charge is 0.124 e. The molecule has 0 aliphatic carbocycles. The van der Waals surface area contributed by atoms with E-state index < -0.39 is 0 Å². The molecule has 0 aliphatic heterocycles. The van der Waals surface area contributed by atoms with Gasteiger partial charge in [0.05, 0.1) is 6.61 Å². The molecule has 0 aromatic heterocycles. The minimum Gasteiger partial charge on any atom is -0.491 e. The minimum absolute atomic E-state index is 0.277. The van der Waals surface area contributed by atoms with Crippen LogP contribution in [0.15, 0.2) is 22.7 Å². The van der Waals surface area contributed by atoms with Crippen LogP contribution in [0.5, 0.6) is 5.75 Å². The zero-order chi connectivity index (χ0) is 14.8. The molecule has 1 aromatic rings. The Labute approximate surface area is 131 Å². The quantitative estimate of drug-likeness (QED) is 0.642. The Morgan fingerprint density at radius 1 is 1.15 bits per heavy atom. The van der Waals surface area contributed by atoms with Crippen molar-refractivity contribution in [1.29, 1.82) is 0 Å². The lowest BCUT2D eigenvalue weighted by atomic mass is 10.1. The monoisotopic (exact) mass is 343 g/mol. The van der Waals surface area contributed by atoms with Gasteiger partial charge in [-0.1, -0.05) is 29.8 Å². The highest BCUT2D eigenvalue weighted by Crippen LogP contribution is 2.28. The van der Waals surface area contributed by atoms with Crippen LogP contribution in [0, 0.1) is 0 Å². The molecule has 1 unspecified atom stereocenters. The second-order valence-electron chi connectivity index (χ2n) is 4.82. The van der Waals surface area contributed by atoms with E-state index >= 15 is 0 Å². The summed E-state index contributed by atoms with van der Waals surface area (Å²) in [6.45, 7) is 9.47. The van der Waals surface area contributed by atoms with Gasteiger partial charge in [-0.05, 0) is 44.5 Å². The third-order valence-corrected chi connectivity index (χ3v) is 3.47. The largest absolute Gasteiger partial charge is 0.491 e. The van der Waals surface area contributed by atoms with Gasteiger partial charge in [-0.2, -0.15) is 0 Å². The standard InChI is InChI=1S/C16H26BrNO2/c1-4-8-18-13(3)15-12-14(17)6-7-16(15)20-11-10-19-9-5-2/h6-7,12-13,18H,4-5,8-11H2,1-3H3. The highest BCUT2D eigenvalue weighted by Gasteiger charge is 2.11. The molecule has 0 aliphatic rings. The van der Waals surface area contributed by atoms with Crippen LogP contribution >= 0.6 is 15.9 Å². The van der Waals surface area contributed by atoms with Crippen molar-refractivity contribution in [3.63, 3.8) is 0 Å². The summed E-state index contributed by atoms with van der Waals surface area (Å²) in [7, 11) is 0. The highest BCUT2D eigenvalue weighted by molar-refractivity contribution is 9.10. The van der Waals surface area contributed by atoms with Crippen LogP contribution in [0.1, 0.15) is 45.2 Å². The molecule has 1 atom stereocenters. The second-order valence-corrected chi connectivity index (χ2v) is 5.73. The number of hydrogen-bond acceptors (Lipinski definition) is 3. The summed E-state index contributed by atoms with van der Waals surface area (Å²) >= 11 is 3.53. The van der Waals surface area contributed by atoms with Crippen molar-refractivity contribution < 1.29 is 9.47 Å². The van der Waals surface area contributed by atoms with Crippen LogP contribution in [0.4, 0.5) is 0 Å². The van der Waals surface area contributed by atoms with Crippen molar-refractivity contribution in [2.24, 2.45) is 0 Å². The predicted octanol–water partition coefficient (Wildman–Crippen LogP) is 4.32. The van der Waals surface area contributed by atoms with Crippen molar-refractivity contribution in [3.05, 3.63) is 28.2 Å². The molecule has 0 bridgehead atoms. The van der Waals surface area contributed by atoms with Crippen LogP contribution < -0.4 is 10.1 Å². The van der Waals surface area contributed by atoms with E-state index in [0.717, 1.165) is 36.2 Å². The van der Waals surface area contributed by atoms with Crippen LogP contribution in [0.3, 0.4) is 0 Å². The number of rotatable bonds is 10. The minimum atomic E-state index is 0.277. The molecule has 114 valence electrons. The number of nitrogens with one attached hydrogen (secondary N) is 1. The van der Waals surface area contributed by atoms with Gasteiger partial charge in [0.2, 0.25) is 0 Å². The van der Waals surface area contributed by atoms with Gasteiger partial charge in [-0.25, -0.2) is 0 Å². The van der Waals surface area contributed by atoms with Crippen molar-refractivity contribution in [3.8, 4) is 5.75 Å². The molecule has 1 aromatic carbocycles. The molecule has 0 fully saturated rings. The summed E-state index contributed by atoms with van der Waals surface area (Å²) in [5.41, 5.74) is 1.18. The highest BCUT2D eigenvalue weighted by atomic mass is 79.9. The van der Waals surface area contributed by atoms with E-state index in [1.807, 2.05) is 12.1 Å². The fraction of sp³-hybridized carbons (Fsp3) is 0.625. The summed E-state index contributed by atoms with van der Waals surface area (Å²) in [5.74, 6) is 0.935. The maximum atomic E-state index is 5.85. The van der Waals surface area contributed by atoms with Crippen LogP contribution in [0.2, 0.25) is 0 Å². The van der Waals surface area contributed by atoms with E-state index in [1.54, 1.807) is 0 Å². The molecule has 1 N–H and O–H groups in total. The Bertz CT molecular complexity index is 385. The SMILES string of the molecule is CCCNC(C)c1cc(Br)ccc1OCCOCCC. The van der Waals surface area contributed by atoms with Gasteiger partial charge in [0.1, 0.15) is 12.4 Å². The zero-order valence-corrected chi connectivity index (χ0v) is 14.3. The Hall–Kier alpha value is -0.580. The normalized spacial score (nSPS) is 12.4. The molecule has 1 rings (SSSR count). The van der Waals surface area contributed by atoms with Gasteiger partial charge in [-0.3, -0.25) is 0 Å². The van der Waals surface area contributed by atoms with Crippen molar-refractivity contribution in [2.75, 3.05) is 26.4 Å². The fourth-order valence-electron chi connectivity index (χ4n) is 1.92. The number of hydrogen-bond donors (Lipinski definition) is 1. The lowest BCUT2D eigenvalue weighted by molar-refractivity contribution is 0.100. The second kappa shape index (κ2) is 10.2. The molecular formula is C16H26BrNO2. The third-order valence-electron chi connectivity index (χ3n) is 2.97. The number of halogens is 1. The topological polar surface area (TPSA) is 30.5 Å². The molecule has 4 heteroatoms. The van der Waals surface area contributed by atoms with Crippen molar-refractivity contribution >= 4 is 15.9 Å². The molecule has 3 nitrogen and oxygen atoms in total. The van der Waals surface area contributed by atoms with E-state index in [2.05, 4.69) is 48.1 Å². The Kier molecular flexibility index (Phi) is 8.90. The maximum absolute atomic E-state index is 5.85.